The molecule has 0 aliphatic heterocycles. The first-order valence-corrected chi connectivity index (χ1v) is 8.05. The Bertz CT molecular complexity index is 740. The number of aliphatic carboxylic acids is 1. The zero-order valence-electron chi connectivity index (χ0n) is 14.2. The van der Waals surface area contributed by atoms with E-state index in [0.29, 0.717) is 17.0 Å². The number of nitrogens with one attached hydrogen (secondary N) is 2. The van der Waals surface area contributed by atoms with E-state index in [0.717, 1.165) is 0 Å². The molecule has 1 heterocycles. The van der Waals surface area contributed by atoms with Gasteiger partial charge in [-0.1, -0.05) is 0 Å². The van der Waals surface area contributed by atoms with Crippen LogP contribution in [0.4, 0.5) is 5.69 Å². The summed E-state index contributed by atoms with van der Waals surface area (Å²) in [6.45, 7) is 2.21. The van der Waals surface area contributed by atoms with E-state index in [2.05, 4.69) is 10.6 Å². The van der Waals surface area contributed by atoms with E-state index in [1.165, 1.54) is 18.4 Å². The van der Waals surface area contributed by atoms with Crippen molar-refractivity contribution in [2.75, 3.05) is 11.9 Å². The maximum atomic E-state index is 12.4. The van der Waals surface area contributed by atoms with E-state index < -0.39 is 23.9 Å². The van der Waals surface area contributed by atoms with Crippen molar-refractivity contribution in [2.45, 2.75) is 25.9 Å². The topological polar surface area (TPSA) is 118 Å². The number of carbonyl (C=O) groups excluding carboxylic acids is 2. The summed E-state index contributed by atoms with van der Waals surface area (Å²) in [5.74, 6) is -1.46. The number of benzene rings is 1. The summed E-state index contributed by atoms with van der Waals surface area (Å²) in [5, 5.41) is 14.5. The Labute approximate surface area is 150 Å². The molecular formula is C18H20N2O6. The number of esters is 1. The van der Waals surface area contributed by atoms with Gasteiger partial charge < -0.3 is 19.6 Å². The van der Waals surface area contributed by atoms with Gasteiger partial charge in [-0.05, 0) is 43.3 Å². The van der Waals surface area contributed by atoms with Crippen LogP contribution in [0.15, 0.2) is 47.1 Å². The van der Waals surface area contributed by atoms with Crippen LogP contribution in [-0.2, 0) is 20.9 Å². The smallest absolute Gasteiger partial charge is 0.338 e. The number of amides is 1. The van der Waals surface area contributed by atoms with Gasteiger partial charge >= 0.3 is 11.9 Å². The third kappa shape index (κ3) is 5.75. The highest BCUT2D eigenvalue weighted by Crippen LogP contribution is 2.12. The van der Waals surface area contributed by atoms with Crippen LogP contribution < -0.4 is 10.6 Å². The first-order valence-electron chi connectivity index (χ1n) is 8.05. The Kier molecular flexibility index (Phi) is 6.92. The third-order valence-corrected chi connectivity index (χ3v) is 3.46. The lowest BCUT2D eigenvalue weighted by molar-refractivity contribution is -0.139. The first-order chi connectivity index (χ1) is 12.5. The van der Waals surface area contributed by atoms with Gasteiger partial charge in [0.1, 0.15) is 5.76 Å². The molecule has 8 nitrogen and oxygen atoms in total. The molecule has 1 atom stereocenters. The molecule has 1 amide bonds. The van der Waals surface area contributed by atoms with Crippen molar-refractivity contribution in [3.05, 3.63) is 54.0 Å². The van der Waals surface area contributed by atoms with Gasteiger partial charge in [-0.3, -0.25) is 14.9 Å². The summed E-state index contributed by atoms with van der Waals surface area (Å²) < 4.78 is 10.0. The fourth-order valence-electron chi connectivity index (χ4n) is 2.20. The van der Waals surface area contributed by atoms with Crippen LogP contribution in [0.5, 0.6) is 0 Å². The summed E-state index contributed by atoms with van der Waals surface area (Å²) in [5.41, 5.74) is 0.807. The van der Waals surface area contributed by atoms with Crippen LogP contribution in [0, 0.1) is 0 Å². The van der Waals surface area contributed by atoms with E-state index >= 15 is 0 Å². The van der Waals surface area contributed by atoms with Crippen LogP contribution in [-0.4, -0.2) is 35.6 Å². The van der Waals surface area contributed by atoms with Gasteiger partial charge in [0.25, 0.3) is 0 Å². The monoisotopic (exact) mass is 360 g/mol. The van der Waals surface area contributed by atoms with Crippen LogP contribution in [0.3, 0.4) is 0 Å². The molecule has 8 heteroatoms. The molecule has 0 aliphatic carbocycles. The molecule has 0 spiro atoms. The van der Waals surface area contributed by atoms with Crippen molar-refractivity contribution in [3.8, 4) is 0 Å². The first kappa shape index (κ1) is 19.2. The van der Waals surface area contributed by atoms with Gasteiger partial charge in [0.05, 0.1) is 37.4 Å². The van der Waals surface area contributed by atoms with Crippen LogP contribution in [0.2, 0.25) is 0 Å². The van der Waals surface area contributed by atoms with Gasteiger partial charge in [-0.2, -0.15) is 0 Å². The van der Waals surface area contributed by atoms with Gasteiger partial charge in [-0.15, -0.1) is 0 Å². The summed E-state index contributed by atoms with van der Waals surface area (Å²) in [7, 11) is 0. The van der Waals surface area contributed by atoms with Crippen molar-refractivity contribution in [2.24, 2.45) is 0 Å². The van der Waals surface area contributed by atoms with Crippen molar-refractivity contribution in [1.82, 2.24) is 5.32 Å². The number of ether oxygens (including phenoxy) is 1. The van der Waals surface area contributed by atoms with Gasteiger partial charge in [0.2, 0.25) is 5.91 Å². The molecule has 0 saturated carbocycles. The van der Waals surface area contributed by atoms with Gasteiger partial charge in [0, 0.05) is 5.69 Å². The number of hydrogen-bond acceptors (Lipinski definition) is 6. The molecule has 0 unspecified atom stereocenters. The Morgan fingerprint density at radius 2 is 1.92 bits per heavy atom. The average molecular weight is 360 g/mol. The highest BCUT2D eigenvalue weighted by atomic mass is 16.5. The normalized spacial score (nSPS) is 11.6. The molecule has 0 radical (unpaired) electrons. The van der Waals surface area contributed by atoms with E-state index in [9.17, 15) is 14.4 Å². The zero-order chi connectivity index (χ0) is 18.9. The van der Waals surface area contributed by atoms with Gasteiger partial charge in [-0.25, -0.2) is 4.79 Å². The number of rotatable bonds is 9. The fourth-order valence-corrected chi connectivity index (χ4v) is 2.20. The maximum absolute atomic E-state index is 12.4. The summed E-state index contributed by atoms with van der Waals surface area (Å²) in [6.07, 6.45) is 1.11. The lowest BCUT2D eigenvalue weighted by Crippen LogP contribution is -2.41. The number of anilines is 1. The fraction of sp³-hybridized carbons (Fsp3) is 0.278. The largest absolute Gasteiger partial charge is 0.481 e. The molecule has 0 saturated heterocycles. The number of carboxylic acid groups (broad SMARTS) is 1. The zero-order valence-corrected chi connectivity index (χ0v) is 14.2. The predicted octanol–water partition coefficient (Wildman–Crippen LogP) is 2.03. The van der Waals surface area contributed by atoms with E-state index in [1.54, 1.807) is 31.2 Å². The molecule has 0 bridgehead atoms. The van der Waals surface area contributed by atoms with Crippen LogP contribution in [0.1, 0.15) is 29.5 Å². The maximum Gasteiger partial charge on any atom is 0.338 e. The van der Waals surface area contributed by atoms with Crippen molar-refractivity contribution < 1.29 is 28.6 Å². The van der Waals surface area contributed by atoms with Crippen molar-refractivity contribution in [3.63, 3.8) is 0 Å². The molecule has 138 valence electrons. The number of furan rings is 1. The second kappa shape index (κ2) is 9.38. The average Bonchev–Trinajstić information content (AvgIpc) is 3.12. The molecular weight excluding hydrogens is 340 g/mol. The molecule has 1 aromatic heterocycles. The number of carboxylic acids is 1. The summed E-state index contributed by atoms with van der Waals surface area (Å²) in [6, 6.07) is 8.63. The highest BCUT2D eigenvalue weighted by molar-refractivity contribution is 5.97. The Hall–Kier alpha value is -3.13. The highest BCUT2D eigenvalue weighted by Gasteiger charge is 2.22. The number of hydrogen-bond donors (Lipinski definition) is 3. The minimum absolute atomic E-state index is 0.222. The molecule has 2 rings (SSSR count). The van der Waals surface area contributed by atoms with E-state index in [4.69, 9.17) is 14.3 Å². The van der Waals surface area contributed by atoms with Crippen molar-refractivity contribution in [1.29, 1.82) is 0 Å². The summed E-state index contributed by atoms with van der Waals surface area (Å²) in [4.78, 5) is 35.0. The standard InChI is InChI=1S/C18H20N2O6/c1-2-25-18(24)12-5-7-13(8-6-12)20-17(23)15(10-16(21)22)19-11-14-4-3-9-26-14/h3-9,15,19H,2,10-11H2,1H3,(H,20,23)(H,21,22)/t15-/m0/s1. The van der Waals surface area contributed by atoms with E-state index in [1.807, 2.05) is 0 Å². The Morgan fingerprint density at radius 3 is 2.50 bits per heavy atom. The second-order valence-electron chi connectivity index (χ2n) is 5.40. The van der Waals surface area contributed by atoms with Gasteiger partial charge in [0.15, 0.2) is 0 Å². The lowest BCUT2D eigenvalue weighted by Gasteiger charge is -2.16. The molecule has 0 aliphatic rings. The molecule has 26 heavy (non-hydrogen) atoms. The van der Waals surface area contributed by atoms with Crippen molar-refractivity contribution >= 4 is 23.5 Å². The summed E-state index contributed by atoms with van der Waals surface area (Å²) >= 11 is 0. The molecule has 2 aromatic rings. The van der Waals surface area contributed by atoms with Crippen LogP contribution >= 0.6 is 0 Å². The molecule has 0 fully saturated rings. The Morgan fingerprint density at radius 1 is 1.19 bits per heavy atom. The number of carbonyl (C=O) groups is 3. The Balaban J connectivity index is 1.98. The minimum atomic E-state index is -1.10. The third-order valence-electron chi connectivity index (χ3n) is 3.46. The SMILES string of the molecule is CCOC(=O)c1ccc(NC(=O)[C@H](CC(=O)O)NCc2ccco2)cc1. The molecule has 3 N–H and O–H groups in total. The quantitative estimate of drug-likeness (QED) is 0.586. The van der Waals surface area contributed by atoms with E-state index in [-0.39, 0.29) is 19.6 Å². The molecule has 1 aromatic carbocycles. The second-order valence-corrected chi connectivity index (χ2v) is 5.40. The van der Waals surface area contributed by atoms with Crippen LogP contribution in [0.25, 0.3) is 0 Å². The minimum Gasteiger partial charge on any atom is -0.481 e. The lowest BCUT2D eigenvalue weighted by atomic mass is 10.1. The predicted molar refractivity (Wildman–Crippen MR) is 92.6 cm³/mol.